The van der Waals surface area contributed by atoms with Crippen LogP contribution in [0.3, 0.4) is 0 Å². The molecule has 2 atom stereocenters. The SMILES string of the molecule is CC(CN(C)C)OCC(CN(C)C)N(C)C. The number of nitrogens with zero attached hydrogens (tertiary/aromatic N) is 3. The van der Waals surface area contributed by atoms with Crippen LogP contribution in [0.25, 0.3) is 0 Å². The van der Waals surface area contributed by atoms with Gasteiger partial charge in [0.15, 0.2) is 0 Å². The van der Waals surface area contributed by atoms with Crippen molar-refractivity contribution in [2.24, 2.45) is 0 Å². The average molecular weight is 231 g/mol. The van der Waals surface area contributed by atoms with E-state index in [4.69, 9.17) is 4.74 Å². The summed E-state index contributed by atoms with van der Waals surface area (Å²) in [6.07, 6.45) is 0.291. The van der Waals surface area contributed by atoms with E-state index in [0.717, 1.165) is 19.7 Å². The lowest BCUT2D eigenvalue weighted by Crippen LogP contribution is -2.42. The van der Waals surface area contributed by atoms with E-state index < -0.39 is 0 Å². The quantitative estimate of drug-likeness (QED) is 0.603. The third-order valence-electron chi connectivity index (χ3n) is 2.50. The molecule has 0 saturated heterocycles. The van der Waals surface area contributed by atoms with Gasteiger partial charge in [0.2, 0.25) is 0 Å². The second-order valence-electron chi connectivity index (χ2n) is 5.29. The number of likely N-dealkylation sites (N-methyl/N-ethyl adjacent to an activating group) is 3. The first-order chi connectivity index (χ1) is 7.32. The highest BCUT2D eigenvalue weighted by Gasteiger charge is 2.14. The lowest BCUT2D eigenvalue weighted by atomic mass is 10.2. The highest BCUT2D eigenvalue weighted by molar-refractivity contribution is 4.69. The standard InChI is InChI=1S/C12H29N3O/c1-11(8-13(2)3)16-10-12(15(6)7)9-14(4)5/h11-12H,8-10H2,1-7H3. The molecule has 4 nitrogen and oxygen atoms in total. The van der Waals surface area contributed by atoms with E-state index in [1.54, 1.807) is 0 Å². The van der Waals surface area contributed by atoms with Gasteiger partial charge in [-0.25, -0.2) is 0 Å². The first kappa shape index (κ1) is 15.8. The van der Waals surface area contributed by atoms with Crippen molar-refractivity contribution in [2.75, 3.05) is 62.0 Å². The largest absolute Gasteiger partial charge is 0.376 e. The molecule has 16 heavy (non-hydrogen) atoms. The fourth-order valence-electron chi connectivity index (χ4n) is 1.63. The zero-order chi connectivity index (χ0) is 12.7. The van der Waals surface area contributed by atoms with Gasteiger partial charge in [0.05, 0.1) is 12.7 Å². The summed E-state index contributed by atoms with van der Waals surface area (Å²) in [6, 6.07) is 0.458. The van der Waals surface area contributed by atoms with E-state index in [9.17, 15) is 0 Å². The summed E-state index contributed by atoms with van der Waals surface area (Å²) < 4.78 is 5.87. The molecule has 0 aliphatic rings. The summed E-state index contributed by atoms with van der Waals surface area (Å²) in [5.41, 5.74) is 0. The van der Waals surface area contributed by atoms with Gasteiger partial charge in [-0.05, 0) is 49.2 Å². The molecular formula is C12H29N3O. The van der Waals surface area contributed by atoms with Crippen molar-refractivity contribution >= 4 is 0 Å². The zero-order valence-electron chi connectivity index (χ0n) is 12.0. The van der Waals surface area contributed by atoms with Crippen molar-refractivity contribution in [3.8, 4) is 0 Å². The Hall–Kier alpha value is -0.160. The van der Waals surface area contributed by atoms with Gasteiger partial charge >= 0.3 is 0 Å². The molecule has 0 aromatic rings. The predicted octanol–water partition coefficient (Wildman–Crippen LogP) is 0.445. The topological polar surface area (TPSA) is 19.0 Å². The number of ether oxygens (including phenoxy) is 1. The zero-order valence-corrected chi connectivity index (χ0v) is 12.0. The molecule has 0 heterocycles. The minimum absolute atomic E-state index is 0.291. The maximum absolute atomic E-state index is 5.87. The van der Waals surface area contributed by atoms with Crippen molar-refractivity contribution in [2.45, 2.75) is 19.1 Å². The number of hydrogen-bond acceptors (Lipinski definition) is 4. The van der Waals surface area contributed by atoms with Gasteiger partial charge in [-0.15, -0.1) is 0 Å². The van der Waals surface area contributed by atoms with E-state index in [1.807, 2.05) is 0 Å². The number of rotatable bonds is 8. The molecule has 0 spiro atoms. The first-order valence-electron chi connectivity index (χ1n) is 5.90. The smallest absolute Gasteiger partial charge is 0.0674 e. The molecule has 0 radical (unpaired) electrons. The van der Waals surface area contributed by atoms with Gasteiger partial charge < -0.3 is 19.4 Å². The minimum atomic E-state index is 0.291. The minimum Gasteiger partial charge on any atom is -0.376 e. The summed E-state index contributed by atoms with van der Waals surface area (Å²) in [6.45, 7) is 4.92. The van der Waals surface area contributed by atoms with Gasteiger partial charge in [-0.2, -0.15) is 0 Å². The Morgan fingerprint density at radius 2 is 1.38 bits per heavy atom. The second kappa shape index (κ2) is 8.01. The first-order valence-corrected chi connectivity index (χ1v) is 5.90. The Morgan fingerprint density at radius 1 is 0.875 bits per heavy atom. The normalized spacial score (nSPS) is 16.1. The van der Waals surface area contributed by atoms with E-state index in [2.05, 4.69) is 63.9 Å². The molecular weight excluding hydrogens is 202 g/mol. The van der Waals surface area contributed by atoms with Crippen LogP contribution in [-0.2, 0) is 4.74 Å². The van der Waals surface area contributed by atoms with E-state index in [1.165, 1.54) is 0 Å². The van der Waals surface area contributed by atoms with Crippen LogP contribution in [0.1, 0.15) is 6.92 Å². The molecule has 0 aromatic carbocycles. The van der Waals surface area contributed by atoms with Crippen LogP contribution in [0.15, 0.2) is 0 Å². The van der Waals surface area contributed by atoms with Crippen LogP contribution in [0.5, 0.6) is 0 Å². The van der Waals surface area contributed by atoms with Crippen molar-refractivity contribution in [1.29, 1.82) is 0 Å². The van der Waals surface area contributed by atoms with Crippen LogP contribution >= 0.6 is 0 Å². The van der Waals surface area contributed by atoms with Crippen molar-refractivity contribution in [3.63, 3.8) is 0 Å². The molecule has 0 rings (SSSR count). The molecule has 0 aliphatic carbocycles. The second-order valence-corrected chi connectivity index (χ2v) is 5.29. The van der Waals surface area contributed by atoms with Gasteiger partial charge in [-0.3, -0.25) is 0 Å². The monoisotopic (exact) mass is 231 g/mol. The molecule has 4 heteroatoms. The maximum Gasteiger partial charge on any atom is 0.0674 e. The predicted molar refractivity (Wildman–Crippen MR) is 70.0 cm³/mol. The van der Waals surface area contributed by atoms with Crippen molar-refractivity contribution < 1.29 is 4.74 Å². The molecule has 0 amide bonds. The molecule has 98 valence electrons. The highest BCUT2D eigenvalue weighted by Crippen LogP contribution is 2.00. The Labute approximate surface area is 101 Å². The van der Waals surface area contributed by atoms with Crippen LogP contribution in [0.4, 0.5) is 0 Å². The molecule has 2 unspecified atom stereocenters. The third-order valence-corrected chi connectivity index (χ3v) is 2.50. The van der Waals surface area contributed by atoms with E-state index in [-0.39, 0.29) is 0 Å². The van der Waals surface area contributed by atoms with Crippen molar-refractivity contribution in [1.82, 2.24) is 14.7 Å². The highest BCUT2D eigenvalue weighted by atomic mass is 16.5. The molecule has 0 saturated carbocycles. The van der Waals surface area contributed by atoms with Gasteiger partial charge in [0.1, 0.15) is 0 Å². The van der Waals surface area contributed by atoms with Gasteiger partial charge in [0, 0.05) is 19.1 Å². The molecule has 0 fully saturated rings. The Kier molecular flexibility index (Phi) is 7.93. The van der Waals surface area contributed by atoms with Crippen LogP contribution in [0.2, 0.25) is 0 Å². The fourth-order valence-corrected chi connectivity index (χ4v) is 1.63. The summed E-state index contributed by atoms with van der Waals surface area (Å²) in [7, 11) is 12.5. The maximum atomic E-state index is 5.87. The van der Waals surface area contributed by atoms with E-state index >= 15 is 0 Å². The Bertz CT molecular complexity index is 172. The Balaban J connectivity index is 3.92. The molecule has 0 aromatic heterocycles. The number of hydrogen-bond donors (Lipinski definition) is 0. The summed E-state index contributed by atoms with van der Waals surface area (Å²) in [5, 5.41) is 0. The Morgan fingerprint density at radius 3 is 1.75 bits per heavy atom. The fraction of sp³-hybridized carbons (Fsp3) is 1.00. The average Bonchev–Trinajstić information content (AvgIpc) is 2.09. The molecule has 0 N–H and O–H groups in total. The summed E-state index contributed by atoms with van der Waals surface area (Å²) >= 11 is 0. The summed E-state index contributed by atoms with van der Waals surface area (Å²) in [5.74, 6) is 0. The van der Waals surface area contributed by atoms with Gasteiger partial charge in [-0.1, -0.05) is 0 Å². The summed E-state index contributed by atoms with van der Waals surface area (Å²) in [4.78, 5) is 6.58. The van der Waals surface area contributed by atoms with Crippen LogP contribution < -0.4 is 0 Å². The van der Waals surface area contributed by atoms with Gasteiger partial charge in [0.25, 0.3) is 0 Å². The molecule has 0 bridgehead atoms. The lowest BCUT2D eigenvalue weighted by Gasteiger charge is -2.28. The third kappa shape index (κ3) is 8.05. The lowest BCUT2D eigenvalue weighted by molar-refractivity contribution is 0.0108. The van der Waals surface area contributed by atoms with Crippen molar-refractivity contribution in [3.05, 3.63) is 0 Å². The van der Waals surface area contributed by atoms with E-state index in [0.29, 0.717) is 12.1 Å². The van der Waals surface area contributed by atoms with Crippen LogP contribution in [-0.4, -0.2) is 88.8 Å². The van der Waals surface area contributed by atoms with Crippen LogP contribution in [0, 0.1) is 0 Å². The molecule has 0 aliphatic heterocycles.